The van der Waals surface area contributed by atoms with Crippen molar-refractivity contribution in [2.75, 3.05) is 20.2 Å². The number of alkyl halides is 2. The number of esters is 1. The van der Waals surface area contributed by atoms with Gasteiger partial charge in [-0.2, -0.15) is 0 Å². The summed E-state index contributed by atoms with van der Waals surface area (Å²) in [6.45, 7) is 0.567. The first kappa shape index (κ1) is 19.3. The number of rotatable bonds is 8. The molecule has 0 bridgehead atoms. The van der Waals surface area contributed by atoms with Gasteiger partial charge in [0.1, 0.15) is 0 Å². The van der Waals surface area contributed by atoms with Gasteiger partial charge >= 0.3 is 5.97 Å². The number of halogens is 2. The lowest BCUT2D eigenvalue weighted by Gasteiger charge is -2.32. The zero-order valence-corrected chi connectivity index (χ0v) is 14.3. The largest absolute Gasteiger partial charge is 0.463 e. The molecule has 1 fully saturated rings. The maximum atomic E-state index is 13.6. The molecule has 1 aromatic rings. The fraction of sp³-hybridized carbons (Fsp3) is 0.556. The maximum absolute atomic E-state index is 13.6. The van der Waals surface area contributed by atoms with Gasteiger partial charge in [-0.25, -0.2) is 13.6 Å². The molecular weight excluding hydrogens is 330 g/mol. The Bertz CT molecular complexity index is 597. The number of benzene rings is 1. The van der Waals surface area contributed by atoms with Gasteiger partial charge in [-0.1, -0.05) is 30.3 Å². The molecule has 0 spiro atoms. The molecule has 0 saturated heterocycles. The van der Waals surface area contributed by atoms with Crippen LogP contribution in [0.1, 0.15) is 31.2 Å². The van der Waals surface area contributed by atoms with E-state index in [0.29, 0.717) is 13.0 Å². The summed E-state index contributed by atoms with van der Waals surface area (Å²) < 4.78 is 32.5. The van der Waals surface area contributed by atoms with Crippen LogP contribution in [0, 0.1) is 11.3 Å². The first-order valence-electron chi connectivity index (χ1n) is 8.33. The van der Waals surface area contributed by atoms with Crippen molar-refractivity contribution in [3.8, 4) is 0 Å². The van der Waals surface area contributed by atoms with Gasteiger partial charge in [0, 0.05) is 32.4 Å². The summed E-state index contributed by atoms with van der Waals surface area (Å²) >= 11 is 0. The van der Waals surface area contributed by atoms with Crippen molar-refractivity contribution < 1.29 is 23.4 Å². The molecule has 2 N–H and O–H groups in total. The molecule has 0 amide bonds. The molecule has 7 heteroatoms. The lowest BCUT2D eigenvalue weighted by molar-refractivity contribution is -0.175. The molecule has 2 unspecified atom stereocenters. The number of hydrogen-bond acceptors (Lipinski definition) is 4. The Morgan fingerprint density at radius 3 is 2.72 bits per heavy atom. The van der Waals surface area contributed by atoms with Crippen LogP contribution < -0.4 is 0 Å². The van der Waals surface area contributed by atoms with E-state index in [1.165, 1.54) is 0 Å². The second-order valence-corrected chi connectivity index (χ2v) is 6.53. The number of carbonyl (C=O) groups is 1. The van der Waals surface area contributed by atoms with E-state index >= 15 is 0 Å². The number of nitrogens with zero attached hydrogens (tertiary/aromatic N) is 1. The van der Waals surface area contributed by atoms with Crippen LogP contribution in [0.15, 0.2) is 30.3 Å². The molecule has 0 aromatic heterocycles. The third kappa shape index (κ3) is 4.54. The van der Waals surface area contributed by atoms with E-state index < -0.39 is 29.8 Å². The van der Waals surface area contributed by atoms with Gasteiger partial charge in [0.25, 0.3) is 0 Å². The summed E-state index contributed by atoms with van der Waals surface area (Å²) in [5.74, 6) is -4.65. The monoisotopic (exact) mass is 354 g/mol. The molecule has 1 saturated carbocycles. The highest BCUT2D eigenvalue weighted by Crippen LogP contribution is 2.47. The van der Waals surface area contributed by atoms with E-state index in [0.717, 1.165) is 6.34 Å². The van der Waals surface area contributed by atoms with Crippen molar-refractivity contribution in [1.29, 1.82) is 5.41 Å². The van der Waals surface area contributed by atoms with Crippen molar-refractivity contribution in [2.24, 2.45) is 5.92 Å². The van der Waals surface area contributed by atoms with Crippen LogP contribution >= 0.6 is 0 Å². The lowest BCUT2D eigenvalue weighted by Crippen LogP contribution is -2.44. The van der Waals surface area contributed by atoms with Crippen molar-refractivity contribution in [3.05, 3.63) is 35.9 Å². The lowest BCUT2D eigenvalue weighted by atomic mass is 9.80. The van der Waals surface area contributed by atoms with Crippen molar-refractivity contribution in [2.45, 2.75) is 37.2 Å². The highest BCUT2D eigenvalue weighted by Gasteiger charge is 2.54. The predicted molar refractivity (Wildman–Crippen MR) is 89.6 cm³/mol. The highest BCUT2D eigenvalue weighted by atomic mass is 19.3. The fourth-order valence-electron chi connectivity index (χ4n) is 3.17. The van der Waals surface area contributed by atoms with E-state index in [4.69, 9.17) is 10.1 Å². The highest BCUT2D eigenvalue weighted by molar-refractivity contribution is 5.81. The number of carbonyl (C=O) groups excluding carboxylic acids is 1. The predicted octanol–water partition coefficient (Wildman–Crippen LogP) is 2.78. The molecule has 0 radical (unpaired) electrons. The van der Waals surface area contributed by atoms with Crippen LogP contribution in [0.2, 0.25) is 0 Å². The molecule has 138 valence electrons. The minimum absolute atomic E-state index is 0.0509. The second kappa shape index (κ2) is 7.91. The van der Waals surface area contributed by atoms with E-state index in [1.807, 2.05) is 0 Å². The van der Waals surface area contributed by atoms with Gasteiger partial charge in [0.2, 0.25) is 5.92 Å². The average molecular weight is 354 g/mol. The third-order valence-electron chi connectivity index (χ3n) is 4.63. The van der Waals surface area contributed by atoms with Crippen LogP contribution in [0.5, 0.6) is 0 Å². The number of nitrogens with one attached hydrogen (secondary N) is 1. The SMILES string of the molecule is CN(C=N)CCCOC(=O)C(O)(c1ccccc1)C1CCC(F)(F)C1. The molecule has 5 nitrogen and oxygen atoms in total. The molecule has 1 aliphatic rings. The molecule has 2 rings (SSSR count). The first-order valence-corrected chi connectivity index (χ1v) is 8.33. The molecule has 0 aliphatic heterocycles. The van der Waals surface area contributed by atoms with Gasteiger partial charge < -0.3 is 14.7 Å². The summed E-state index contributed by atoms with van der Waals surface area (Å²) in [4.78, 5) is 14.2. The van der Waals surface area contributed by atoms with Crippen molar-refractivity contribution >= 4 is 12.3 Å². The maximum Gasteiger partial charge on any atom is 0.343 e. The first-order chi connectivity index (χ1) is 11.8. The fourth-order valence-corrected chi connectivity index (χ4v) is 3.17. The number of hydrogen-bond donors (Lipinski definition) is 2. The zero-order valence-electron chi connectivity index (χ0n) is 14.3. The molecule has 0 heterocycles. The van der Waals surface area contributed by atoms with Gasteiger partial charge in [-0.3, -0.25) is 5.41 Å². The Balaban J connectivity index is 2.12. The molecule has 1 aromatic carbocycles. The molecule has 1 aliphatic carbocycles. The van der Waals surface area contributed by atoms with Gasteiger partial charge in [-0.05, 0) is 18.4 Å². The van der Waals surface area contributed by atoms with E-state index in [2.05, 4.69) is 0 Å². The summed E-state index contributed by atoms with van der Waals surface area (Å²) in [5.41, 5.74) is -1.80. The van der Waals surface area contributed by atoms with Crippen LogP contribution in [0.3, 0.4) is 0 Å². The molecule has 25 heavy (non-hydrogen) atoms. The van der Waals surface area contributed by atoms with E-state index in [-0.39, 0.29) is 25.0 Å². The Hall–Kier alpha value is -2.02. The summed E-state index contributed by atoms with van der Waals surface area (Å²) in [6.07, 6.45) is 0.810. The van der Waals surface area contributed by atoms with Crippen LogP contribution in [0.4, 0.5) is 8.78 Å². The summed E-state index contributed by atoms with van der Waals surface area (Å²) in [5, 5.41) is 18.2. The number of ether oxygens (including phenoxy) is 1. The van der Waals surface area contributed by atoms with Gasteiger partial charge in [0.15, 0.2) is 5.60 Å². The molecular formula is C18H24F2N2O3. The van der Waals surface area contributed by atoms with Crippen LogP contribution in [-0.4, -0.2) is 48.4 Å². The third-order valence-corrected chi connectivity index (χ3v) is 4.63. The Labute approximate surface area is 146 Å². The van der Waals surface area contributed by atoms with E-state index in [9.17, 15) is 18.7 Å². The van der Waals surface area contributed by atoms with Crippen molar-refractivity contribution in [1.82, 2.24) is 4.90 Å². The quantitative estimate of drug-likeness (QED) is 0.326. The smallest absolute Gasteiger partial charge is 0.343 e. The zero-order chi connectivity index (χ0) is 18.5. The van der Waals surface area contributed by atoms with Gasteiger partial charge in [-0.15, -0.1) is 0 Å². The van der Waals surface area contributed by atoms with Crippen LogP contribution in [-0.2, 0) is 15.1 Å². The summed E-state index contributed by atoms with van der Waals surface area (Å²) in [7, 11) is 1.72. The van der Waals surface area contributed by atoms with Crippen LogP contribution in [0.25, 0.3) is 0 Å². The standard InChI is InChI=1S/C18H24F2N2O3/c1-22(13-21)10-5-11-25-16(23)18(24,14-6-3-2-4-7-14)15-8-9-17(19,20)12-15/h2-4,6-7,13,15,21,24H,5,8-12H2,1H3. The number of aliphatic hydroxyl groups is 1. The van der Waals surface area contributed by atoms with E-state index in [1.54, 1.807) is 42.3 Å². The normalized spacial score (nSPS) is 21.4. The minimum Gasteiger partial charge on any atom is -0.463 e. The average Bonchev–Trinajstić information content (AvgIpc) is 2.98. The Kier molecular flexibility index (Phi) is 6.11. The summed E-state index contributed by atoms with van der Waals surface area (Å²) in [6, 6.07) is 8.15. The Morgan fingerprint density at radius 1 is 1.48 bits per heavy atom. The molecule has 2 atom stereocenters. The minimum atomic E-state index is -2.87. The second-order valence-electron chi connectivity index (χ2n) is 6.53. The van der Waals surface area contributed by atoms with Crippen molar-refractivity contribution in [3.63, 3.8) is 0 Å². The van der Waals surface area contributed by atoms with Gasteiger partial charge in [0.05, 0.1) is 12.9 Å². The topological polar surface area (TPSA) is 73.6 Å². The Morgan fingerprint density at radius 2 is 2.16 bits per heavy atom.